The molecule has 0 bridgehead atoms. The molecule has 0 atom stereocenters. The molecule has 0 radical (unpaired) electrons. The minimum Gasteiger partial charge on any atom is -0.489 e. The first-order valence-corrected chi connectivity index (χ1v) is 12.4. The summed E-state index contributed by atoms with van der Waals surface area (Å²) in [6.07, 6.45) is 8.85. The number of aromatic nitrogens is 7. The zero-order valence-electron chi connectivity index (χ0n) is 21.6. The fourth-order valence-electron chi connectivity index (χ4n) is 4.54. The Morgan fingerprint density at radius 2 is 1.95 bits per heavy atom. The van der Waals surface area contributed by atoms with E-state index >= 15 is 0 Å². The molecule has 6 aromatic rings. The maximum Gasteiger partial charge on any atom is 0.150 e. The number of nitrogens with two attached hydrogens (primary N) is 1. The van der Waals surface area contributed by atoms with E-state index in [1.54, 1.807) is 17.1 Å². The number of nitrogens with zero attached hydrogens (tertiary/aromatic N) is 8. The molecular formula is C28H27N9O2. The van der Waals surface area contributed by atoms with Gasteiger partial charge in [-0.25, -0.2) is 15.0 Å². The van der Waals surface area contributed by atoms with Crippen molar-refractivity contribution < 1.29 is 9.84 Å². The number of aryl methyl sites for hydroxylation is 1. The van der Waals surface area contributed by atoms with Crippen LogP contribution in [0.4, 0.5) is 11.6 Å². The first-order valence-electron chi connectivity index (χ1n) is 12.4. The number of pyridine rings is 2. The molecule has 0 saturated heterocycles. The lowest BCUT2D eigenvalue weighted by Gasteiger charge is -2.17. The Hall–Kier alpha value is -5.03. The molecule has 5 heterocycles. The van der Waals surface area contributed by atoms with E-state index in [1.165, 1.54) is 6.33 Å². The van der Waals surface area contributed by atoms with E-state index in [-0.39, 0.29) is 6.61 Å². The van der Waals surface area contributed by atoms with E-state index < -0.39 is 0 Å². The summed E-state index contributed by atoms with van der Waals surface area (Å²) in [4.78, 5) is 19.8. The molecule has 0 unspecified atom stereocenters. The second-order valence-electron chi connectivity index (χ2n) is 9.25. The van der Waals surface area contributed by atoms with Crippen LogP contribution in [0.3, 0.4) is 0 Å². The van der Waals surface area contributed by atoms with Gasteiger partial charge < -0.3 is 20.5 Å². The highest BCUT2D eigenvalue weighted by molar-refractivity contribution is 6.00. The van der Waals surface area contributed by atoms with Crippen molar-refractivity contribution in [3.8, 4) is 22.7 Å². The van der Waals surface area contributed by atoms with Gasteiger partial charge in [0.05, 0.1) is 35.1 Å². The molecule has 6 rings (SSSR count). The molecule has 11 heteroatoms. The Morgan fingerprint density at radius 3 is 2.77 bits per heavy atom. The second kappa shape index (κ2) is 10.0. The molecule has 39 heavy (non-hydrogen) atoms. The predicted molar refractivity (Wildman–Crippen MR) is 150 cm³/mol. The van der Waals surface area contributed by atoms with Crippen LogP contribution in [0, 0.1) is 0 Å². The van der Waals surface area contributed by atoms with E-state index in [0.717, 1.165) is 44.6 Å². The van der Waals surface area contributed by atoms with Gasteiger partial charge in [0, 0.05) is 61.8 Å². The van der Waals surface area contributed by atoms with Crippen LogP contribution in [0.25, 0.3) is 38.9 Å². The van der Waals surface area contributed by atoms with Gasteiger partial charge in [-0.3, -0.25) is 14.2 Å². The third-order valence-electron chi connectivity index (χ3n) is 6.54. The molecule has 0 amide bonds. The van der Waals surface area contributed by atoms with Gasteiger partial charge in [-0.15, -0.1) is 0 Å². The van der Waals surface area contributed by atoms with Gasteiger partial charge in [0.15, 0.2) is 5.65 Å². The normalized spacial score (nSPS) is 11.4. The Balaban J connectivity index is 1.28. The average Bonchev–Trinajstić information content (AvgIpc) is 3.56. The van der Waals surface area contributed by atoms with E-state index in [4.69, 9.17) is 15.5 Å². The average molecular weight is 522 g/mol. The quantitative estimate of drug-likeness (QED) is 0.309. The molecule has 0 aliphatic heterocycles. The summed E-state index contributed by atoms with van der Waals surface area (Å²) in [5, 5.41) is 15.5. The summed E-state index contributed by atoms with van der Waals surface area (Å²) in [6, 6.07) is 13.7. The fourth-order valence-corrected chi connectivity index (χ4v) is 4.54. The Labute approximate surface area is 224 Å². The van der Waals surface area contributed by atoms with Crippen molar-refractivity contribution in [1.29, 1.82) is 0 Å². The number of rotatable bonds is 8. The molecule has 5 aromatic heterocycles. The minimum absolute atomic E-state index is 0.0655. The number of hydrogen-bond donors (Lipinski definition) is 2. The summed E-state index contributed by atoms with van der Waals surface area (Å²) in [6.45, 7) is 0.895. The van der Waals surface area contributed by atoms with Crippen LogP contribution in [-0.2, 0) is 13.7 Å². The zero-order chi connectivity index (χ0) is 26.9. The van der Waals surface area contributed by atoms with Crippen LogP contribution < -0.4 is 15.4 Å². The zero-order valence-corrected chi connectivity index (χ0v) is 21.6. The van der Waals surface area contributed by atoms with Crippen molar-refractivity contribution in [3.05, 3.63) is 79.1 Å². The van der Waals surface area contributed by atoms with Crippen molar-refractivity contribution in [1.82, 2.24) is 34.3 Å². The van der Waals surface area contributed by atoms with Gasteiger partial charge in [-0.05, 0) is 36.4 Å². The third-order valence-corrected chi connectivity index (χ3v) is 6.54. The van der Waals surface area contributed by atoms with Crippen molar-refractivity contribution in [2.75, 3.05) is 30.8 Å². The molecule has 196 valence electrons. The SMILES string of the molecule is CN(CCO)c1ccc2ccc(OCc3cncc(-n4cc(-c5ccn(C)n5)c5c(N)ncnc54)c3)cc2n1. The number of fused-ring (bicyclic) bond motifs is 2. The van der Waals surface area contributed by atoms with Gasteiger partial charge in [-0.2, -0.15) is 5.10 Å². The van der Waals surface area contributed by atoms with Crippen molar-refractivity contribution >= 4 is 33.6 Å². The van der Waals surface area contributed by atoms with Crippen LogP contribution in [-0.4, -0.2) is 59.6 Å². The summed E-state index contributed by atoms with van der Waals surface area (Å²) >= 11 is 0. The lowest BCUT2D eigenvalue weighted by atomic mass is 10.2. The van der Waals surface area contributed by atoms with Gasteiger partial charge in [0.1, 0.15) is 30.3 Å². The highest BCUT2D eigenvalue weighted by Gasteiger charge is 2.18. The van der Waals surface area contributed by atoms with Crippen molar-refractivity contribution in [3.63, 3.8) is 0 Å². The first kappa shape index (κ1) is 24.3. The number of ether oxygens (including phenoxy) is 1. The second-order valence-corrected chi connectivity index (χ2v) is 9.25. The maximum atomic E-state index is 9.23. The van der Waals surface area contributed by atoms with E-state index in [9.17, 15) is 5.11 Å². The molecule has 3 N–H and O–H groups in total. The molecule has 0 aliphatic rings. The van der Waals surface area contributed by atoms with E-state index in [1.807, 2.05) is 78.4 Å². The molecule has 0 saturated carbocycles. The van der Waals surface area contributed by atoms with Gasteiger partial charge >= 0.3 is 0 Å². The lowest BCUT2D eigenvalue weighted by molar-refractivity contribution is 0.303. The fraction of sp³-hybridized carbons (Fsp3) is 0.179. The smallest absolute Gasteiger partial charge is 0.150 e. The molecule has 11 nitrogen and oxygen atoms in total. The van der Waals surface area contributed by atoms with E-state index in [0.29, 0.717) is 30.4 Å². The third kappa shape index (κ3) is 4.71. The summed E-state index contributed by atoms with van der Waals surface area (Å²) in [5.74, 6) is 1.88. The molecule has 0 spiro atoms. The highest BCUT2D eigenvalue weighted by atomic mass is 16.5. The molecule has 0 fully saturated rings. The summed E-state index contributed by atoms with van der Waals surface area (Å²) in [7, 11) is 3.77. The number of nitrogen functional groups attached to an aromatic ring is 1. The first-order chi connectivity index (χ1) is 19.0. The van der Waals surface area contributed by atoms with E-state index in [2.05, 4.69) is 20.1 Å². The van der Waals surface area contributed by atoms with Crippen LogP contribution >= 0.6 is 0 Å². The lowest BCUT2D eigenvalue weighted by Crippen LogP contribution is -2.22. The number of aliphatic hydroxyl groups is 1. The van der Waals surface area contributed by atoms with Crippen LogP contribution in [0.5, 0.6) is 5.75 Å². The molecule has 1 aromatic carbocycles. The van der Waals surface area contributed by atoms with Crippen molar-refractivity contribution in [2.24, 2.45) is 7.05 Å². The number of aliphatic hydroxyl groups excluding tert-OH is 1. The topological polar surface area (TPSA) is 133 Å². The maximum absolute atomic E-state index is 9.23. The summed E-state index contributed by atoms with van der Waals surface area (Å²) in [5.41, 5.74) is 11.1. The Kier molecular flexibility index (Phi) is 6.25. The largest absolute Gasteiger partial charge is 0.489 e. The number of hydrogen-bond acceptors (Lipinski definition) is 9. The van der Waals surface area contributed by atoms with Crippen molar-refractivity contribution in [2.45, 2.75) is 6.61 Å². The van der Waals surface area contributed by atoms with Gasteiger partial charge in [0.2, 0.25) is 0 Å². The highest BCUT2D eigenvalue weighted by Crippen LogP contribution is 2.33. The number of likely N-dealkylation sites (N-methyl/N-ethyl adjacent to an activating group) is 1. The monoisotopic (exact) mass is 521 g/mol. The summed E-state index contributed by atoms with van der Waals surface area (Å²) < 4.78 is 9.81. The Bertz CT molecular complexity index is 1790. The minimum atomic E-state index is 0.0655. The van der Waals surface area contributed by atoms with Crippen LogP contribution in [0.2, 0.25) is 0 Å². The van der Waals surface area contributed by atoms with Crippen LogP contribution in [0.1, 0.15) is 5.56 Å². The number of anilines is 2. The standard InChI is InChI=1S/C28H27N9O2/c1-35(9-10-38)25-6-4-19-3-5-21(12-24(19)33-25)39-16-18-11-20(14-30-13-18)37-15-22(23-7-8-36(2)34-23)26-27(29)31-17-32-28(26)37/h3-8,11-15,17,38H,9-10,16H2,1-2H3,(H2,29,31,32). The van der Waals surface area contributed by atoms with Gasteiger partial charge in [0.25, 0.3) is 0 Å². The predicted octanol–water partition coefficient (Wildman–Crippen LogP) is 3.35. The Morgan fingerprint density at radius 1 is 1.08 bits per heavy atom. The molecule has 0 aliphatic carbocycles. The van der Waals surface area contributed by atoms with Gasteiger partial charge in [-0.1, -0.05) is 0 Å². The van der Waals surface area contributed by atoms with Crippen LogP contribution in [0.15, 0.2) is 73.6 Å². The molecular weight excluding hydrogens is 494 g/mol. The number of benzene rings is 1.